The first-order chi connectivity index (χ1) is 13.3. The highest BCUT2D eigenvalue weighted by molar-refractivity contribution is 6.09. The van der Waals surface area contributed by atoms with Crippen LogP contribution in [0.4, 0.5) is 14.7 Å². The number of carboxylic acids is 1. The Morgan fingerprint density at radius 3 is 2.57 bits per heavy atom. The second-order valence-corrected chi connectivity index (χ2v) is 5.49. The molecule has 3 rings (SSSR count). The number of hydrogen-bond acceptors (Lipinski definition) is 6. The lowest BCUT2D eigenvalue weighted by molar-refractivity contribution is -0.0498. The molecule has 0 saturated carbocycles. The number of aryl methyl sites for hydroxylation is 1. The van der Waals surface area contributed by atoms with Gasteiger partial charge in [-0.25, -0.2) is 14.8 Å². The summed E-state index contributed by atoms with van der Waals surface area (Å²) in [5.74, 6) is -2.13. The molecule has 0 radical (unpaired) electrons. The number of halogens is 2. The molecule has 2 N–H and O–H groups in total. The Bertz CT molecular complexity index is 1020. The van der Waals surface area contributed by atoms with E-state index in [9.17, 15) is 18.4 Å². The van der Waals surface area contributed by atoms with Gasteiger partial charge in [-0.15, -0.1) is 0 Å². The van der Waals surface area contributed by atoms with Crippen LogP contribution in [0.5, 0.6) is 5.75 Å². The van der Waals surface area contributed by atoms with E-state index in [2.05, 4.69) is 25.1 Å². The van der Waals surface area contributed by atoms with E-state index in [-0.39, 0.29) is 17.3 Å². The van der Waals surface area contributed by atoms with Crippen molar-refractivity contribution in [2.24, 2.45) is 7.05 Å². The summed E-state index contributed by atoms with van der Waals surface area (Å²) in [7, 11) is 1.49. The molecule has 0 aliphatic heterocycles. The Morgan fingerprint density at radius 1 is 1.21 bits per heavy atom. The lowest BCUT2D eigenvalue weighted by atomic mass is 10.1. The number of aromatic carboxylic acids is 1. The maximum Gasteiger partial charge on any atom is 0.387 e. The summed E-state index contributed by atoms with van der Waals surface area (Å²) in [4.78, 5) is 31.6. The lowest BCUT2D eigenvalue weighted by Crippen LogP contribution is -2.17. The fourth-order valence-electron chi connectivity index (χ4n) is 2.37. The first-order valence-corrected chi connectivity index (χ1v) is 7.80. The summed E-state index contributed by atoms with van der Waals surface area (Å²) in [6, 6.07) is 7.32. The fraction of sp³-hybridized carbons (Fsp3) is 0.118. The molecule has 0 spiro atoms. The highest BCUT2D eigenvalue weighted by Crippen LogP contribution is 2.22. The van der Waals surface area contributed by atoms with Crippen molar-refractivity contribution in [2.45, 2.75) is 6.61 Å². The van der Waals surface area contributed by atoms with Gasteiger partial charge in [0.2, 0.25) is 5.95 Å². The van der Waals surface area contributed by atoms with Crippen molar-refractivity contribution in [2.75, 3.05) is 5.32 Å². The van der Waals surface area contributed by atoms with Crippen LogP contribution in [0.1, 0.15) is 20.8 Å². The summed E-state index contributed by atoms with van der Waals surface area (Å²) in [5.41, 5.74) is 0.453. The second-order valence-electron chi connectivity index (χ2n) is 5.49. The maximum absolute atomic E-state index is 12.4. The Kier molecular flexibility index (Phi) is 5.25. The van der Waals surface area contributed by atoms with Crippen LogP contribution < -0.4 is 10.1 Å². The van der Waals surface area contributed by atoms with Crippen LogP contribution in [0.15, 0.2) is 42.7 Å². The third kappa shape index (κ3) is 4.26. The minimum absolute atomic E-state index is 0.000824. The number of nitrogens with one attached hydrogen (secondary N) is 1. The van der Waals surface area contributed by atoms with E-state index in [1.807, 2.05) is 0 Å². The molecule has 0 atom stereocenters. The first-order valence-electron chi connectivity index (χ1n) is 7.80. The number of carbonyl (C=O) groups excluding carboxylic acids is 1. The van der Waals surface area contributed by atoms with E-state index in [1.165, 1.54) is 48.4 Å². The standard InChI is InChI=1S/C17H13F2N5O4/c1-24-8-11(13(23-24)15(26)27)14(25)22-17-20-7-6-12(21-17)9-2-4-10(5-3-9)28-16(18)19/h2-8,16H,1H3,(H,26,27)(H,20,21,22,25). The van der Waals surface area contributed by atoms with E-state index in [0.717, 1.165) is 0 Å². The normalized spacial score (nSPS) is 10.7. The predicted molar refractivity (Wildman–Crippen MR) is 92.2 cm³/mol. The van der Waals surface area contributed by atoms with Gasteiger partial charge in [-0.2, -0.15) is 13.9 Å². The van der Waals surface area contributed by atoms with Gasteiger partial charge in [-0.1, -0.05) is 0 Å². The van der Waals surface area contributed by atoms with Gasteiger partial charge in [0, 0.05) is 25.0 Å². The number of rotatable bonds is 6. The Hall–Kier alpha value is -3.89. The zero-order valence-electron chi connectivity index (χ0n) is 14.3. The molecule has 0 saturated heterocycles. The van der Waals surface area contributed by atoms with Gasteiger partial charge in [-0.3, -0.25) is 14.8 Å². The van der Waals surface area contributed by atoms with Gasteiger partial charge in [0.1, 0.15) is 5.75 Å². The van der Waals surface area contributed by atoms with E-state index < -0.39 is 24.2 Å². The highest BCUT2D eigenvalue weighted by atomic mass is 19.3. The molecule has 0 aliphatic carbocycles. The first kappa shape index (κ1) is 18.9. The van der Waals surface area contributed by atoms with E-state index >= 15 is 0 Å². The zero-order valence-corrected chi connectivity index (χ0v) is 14.3. The molecule has 11 heteroatoms. The Balaban J connectivity index is 1.80. The third-order valence-electron chi connectivity index (χ3n) is 3.53. The topological polar surface area (TPSA) is 119 Å². The number of benzene rings is 1. The molecule has 28 heavy (non-hydrogen) atoms. The monoisotopic (exact) mass is 389 g/mol. The van der Waals surface area contributed by atoms with Crippen LogP contribution in [-0.4, -0.2) is 43.3 Å². The number of hydrogen-bond donors (Lipinski definition) is 2. The number of ether oxygens (including phenoxy) is 1. The smallest absolute Gasteiger partial charge is 0.387 e. The van der Waals surface area contributed by atoms with E-state index in [4.69, 9.17) is 5.11 Å². The SMILES string of the molecule is Cn1cc(C(=O)Nc2nccc(-c3ccc(OC(F)F)cc3)n2)c(C(=O)O)n1. The fourth-order valence-corrected chi connectivity index (χ4v) is 2.37. The number of nitrogens with zero attached hydrogens (tertiary/aromatic N) is 4. The largest absolute Gasteiger partial charge is 0.476 e. The average molecular weight is 389 g/mol. The molecule has 2 heterocycles. The number of amides is 1. The predicted octanol–water partition coefficient (Wildman–Crippen LogP) is 2.43. The molecule has 0 aliphatic rings. The molecule has 1 amide bonds. The molecule has 0 unspecified atom stereocenters. The maximum atomic E-state index is 12.4. The molecule has 3 aromatic rings. The van der Waals surface area contributed by atoms with Gasteiger partial charge >= 0.3 is 12.6 Å². The van der Waals surface area contributed by atoms with Gasteiger partial charge in [0.15, 0.2) is 5.69 Å². The summed E-state index contributed by atoms with van der Waals surface area (Å²) < 4.78 is 29.9. The van der Waals surface area contributed by atoms with Crippen molar-refractivity contribution in [1.29, 1.82) is 0 Å². The van der Waals surface area contributed by atoms with E-state index in [1.54, 1.807) is 6.07 Å². The highest BCUT2D eigenvalue weighted by Gasteiger charge is 2.21. The van der Waals surface area contributed by atoms with Crippen LogP contribution in [0.2, 0.25) is 0 Å². The molecule has 144 valence electrons. The number of carbonyl (C=O) groups is 2. The summed E-state index contributed by atoms with van der Waals surface area (Å²) >= 11 is 0. The van der Waals surface area contributed by atoms with E-state index in [0.29, 0.717) is 11.3 Å². The van der Waals surface area contributed by atoms with Crippen LogP contribution in [0.3, 0.4) is 0 Å². The quantitative estimate of drug-likeness (QED) is 0.664. The second kappa shape index (κ2) is 7.78. The molecular formula is C17H13F2N5O4. The van der Waals surface area contributed by atoms with Crippen LogP contribution in [0, 0.1) is 0 Å². The summed E-state index contributed by atoms with van der Waals surface area (Å²) in [6.45, 7) is -2.92. The lowest BCUT2D eigenvalue weighted by Gasteiger charge is -2.07. The molecule has 2 aromatic heterocycles. The zero-order chi connectivity index (χ0) is 20.3. The van der Waals surface area contributed by atoms with Crippen molar-refractivity contribution in [3.63, 3.8) is 0 Å². The minimum atomic E-state index is -2.92. The number of anilines is 1. The van der Waals surface area contributed by atoms with Gasteiger partial charge < -0.3 is 9.84 Å². The van der Waals surface area contributed by atoms with Crippen molar-refractivity contribution in [3.05, 3.63) is 54.0 Å². The van der Waals surface area contributed by atoms with Gasteiger partial charge in [0.25, 0.3) is 5.91 Å². The molecule has 9 nitrogen and oxygen atoms in total. The number of carboxylic acid groups (broad SMARTS) is 1. The van der Waals surface area contributed by atoms with Crippen molar-refractivity contribution < 1.29 is 28.2 Å². The third-order valence-corrected chi connectivity index (χ3v) is 3.53. The van der Waals surface area contributed by atoms with Crippen molar-refractivity contribution in [3.8, 4) is 17.0 Å². The van der Waals surface area contributed by atoms with Crippen molar-refractivity contribution in [1.82, 2.24) is 19.7 Å². The van der Waals surface area contributed by atoms with Crippen molar-refractivity contribution >= 4 is 17.8 Å². The van der Waals surface area contributed by atoms with Gasteiger partial charge in [0.05, 0.1) is 11.3 Å². The van der Waals surface area contributed by atoms with Crippen LogP contribution in [0.25, 0.3) is 11.3 Å². The molecule has 0 bridgehead atoms. The average Bonchev–Trinajstić information content (AvgIpc) is 3.04. The number of alkyl halides is 2. The van der Waals surface area contributed by atoms with Crippen LogP contribution in [-0.2, 0) is 7.05 Å². The van der Waals surface area contributed by atoms with Gasteiger partial charge in [-0.05, 0) is 30.3 Å². The minimum Gasteiger partial charge on any atom is -0.476 e. The van der Waals surface area contributed by atoms with Crippen LogP contribution >= 0.6 is 0 Å². The number of aromatic nitrogens is 4. The molecule has 0 fully saturated rings. The summed E-state index contributed by atoms with van der Waals surface area (Å²) in [5, 5.41) is 15.2. The molecule has 1 aromatic carbocycles. The Morgan fingerprint density at radius 2 is 1.93 bits per heavy atom. The Labute approximate surface area is 156 Å². The molecular weight excluding hydrogens is 376 g/mol. The summed E-state index contributed by atoms with van der Waals surface area (Å²) in [6.07, 6.45) is 2.66.